The molecule has 0 radical (unpaired) electrons. The molecule has 0 aliphatic carbocycles. The highest BCUT2D eigenvalue weighted by Gasteiger charge is 2.20. The van der Waals surface area contributed by atoms with Gasteiger partial charge in [-0.1, -0.05) is 6.07 Å². The highest BCUT2D eigenvalue weighted by atomic mass is 16.3. The van der Waals surface area contributed by atoms with Crippen molar-refractivity contribution in [2.75, 3.05) is 18.0 Å². The Labute approximate surface area is 146 Å². The number of pyridine rings is 2. The van der Waals surface area contributed by atoms with Crippen LogP contribution in [0.4, 0.5) is 5.82 Å². The lowest BCUT2D eigenvalue weighted by Crippen LogP contribution is -2.36. The summed E-state index contributed by atoms with van der Waals surface area (Å²) in [5.41, 5.74) is 2.47. The Morgan fingerprint density at radius 1 is 0.960 bits per heavy atom. The summed E-state index contributed by atoms with van der Waals surface area (Å²) in [7, 11) is 0. The van der Waals surface area contributed by atoms with Crippen LogP contribution in [0.1, 0.15) is 12.8 Å². The molecular formula is C19H19N5O. The highest BCUT2D eigenvalue weighted by Crippen LogP contribution is 2.26. The van der Waals surface area contributed by atoms with Crippen molar-refractivity contribution in [2.45, 2.75) is 18.9 Å². The topological polar surface area (TPSA) is 75.0 Å². The maximum Gasteiger partial charge on any atom is 0.163 e. The molecule has 0 amide bonds. The van der Waals surface area contributed by atoms with Crippen molar-refractivity contribution in [3.8, 4) is 22.8 Å². The zero-order valence-electron chi connectivity index (χ0n) is 13.8. The molecule has 6 heteroatoms. The molecule has 4 rings (SSSR count). The van der Waals surface area contributed by atoms with E-state index in [1.165, 1.54) is 0 Å². The largest absolute Gasteiger partial charge is 0.393 e. The van der Waals surface area contributed by atoms with Gasteiger partial charge in [0.1, 0.15) is 5.82 Å². The monoisotopic (exact) mass is 333 g/mol. The first kappa shape index (κ1) is 15.7. The van der Waals surface area contributed by atoms with E-state index in [0.29, 0.717) is 5.82 Å². The van der Waals surface area contributed by atoms with Crippen LogP contribution in [0, 0.1) is 0 Å². The molecule has 0 atom stereocenters. The Bertz CT molecular complexity index is 775. The van der Waals surface area contributed by atoms with Gasteiger partial charge in [-0.25, -0.2) is 9.97 Å². The standard InChI is InChI=1S/C19H19N5O/c25-15-6-10-24(11-7-15)18-12-17(16-5-1-2-9-21-16)22-19(23-18)14-4-3-8-20-13-14/h1-5,8-9,12-13,15,25H,6-7,10-11H2. The molecular weight excluding hydrogens is 314 g/mol. The van der Waals surface area contributed by atoms with E-state index in [9.17, 15) is 5.11 Å². The lowest BCUT2D eigenvalue weighted by atomic mass is 10.1. The van der Waals surface area contributed by atoms with Crippen LogP contribution >= 0.6 is 0 Å². The second-order valence-corrected chi connectivity index (χ2v) is 6.11. The van der Waals surface area contributed by atoms with Gasteiger partial charge in [0.05, 0.1) is 17.5 Å². The number of aliphatic hydroxyl groups is 1. The molecule has 25 heavy (non-hydrogen) atoms. The van der Waals surface area contributed by atoms with E-state index >= 15 is 0 Å². The number of aromatic nitrogens is 4. The fourth-order valence-corrected chi connectivity index (χ4v) is 2.96. The van der Waals surface area contributed by atoms with Gasteiger partial charge in [-0.2, -0.15) is 0 Å². The van der Waals surface area contributed by atoms with Gasteiger partial charge < -0.3 is 10.0 Å². The predicted octanol–water partition coefficient (Wildman–Crippen LogP) is 2.56. The fraction of sp³-hybridized carbons (Fsp3) is 0.263. The van der Waals surface area contributed by atoms with Crippen molar-refractivity contribution in [1.29, 1.82) is 0 Å². The predicted molar refractivity (Wildman–Crippen MR) is 95.9 cm³/mol. The first-order valence-corrected chi connectivity index (χ1v) is 8.43. The quantitative estimate of drug-likeness (QED) is 0.794. The summed E-state index contributed by atoms with van der Waals surface area (Å²) in [4.78, 5) is 20.2. The van der Waals surface area contributed by atoms with Gasteiger partial charge in [-0.3, -0.25) is 9.97 Å². The Morgan fingerprint density at radius 3 is 2.56 bits per heavy atom. The molecule has 0 unspecified atom stereocenters. The Balaban J connectivity index is 1.78. The van der Waals surface area contributed by atoms with E-state index in [1.54, 1.807) is 18.6 Å². The highest BCUT2D eigenvalue weighted by molar-refractivity contribution is 5.65. The van der Waals surface area contributed by atoms with Gasteiger partial charge >= 0.3 is 0 Å². The second-order valence-electron chi connectivity index (χ2n) is 6.11. The maximum atomic E-state index is 9.76. The molecule has 1 aliphatic heterocycles. The van der Waals surface area contributed by atoms with Crippen molar-refractivity contribution in [3.05, 3.63) is 55.0 Å². The SMILES string of the molecule is OC1CCN(c2cc(-c3ccccn3)nc(-c3cccnc3)n2)CC1. The van der Waals surface area contributed by atoms with Gasteiger partial charge in [0.15, 0.2) is 5.82 Å². The third-order valence-corrected chi connectivity index (χ3v) is 4.35. The molecule has 0 spiro atoms. The van der Waals surface area contributed by atoms with Crippen LogP contribution in [0.5, 0.6) is 0 Å². The first-order chi connectivity index (χ1) is 12.3. The summed E-state index contributed by atoms with van der Waals surface area (Å²) in [6.07, 6.45) is 6.56. The van der Waals surface area contributed by atoms with E-state index in [-0.39, 0.29) is 6.10 Å². The molecule has 1 aliphatic rings. The normalized spacial score (nSPS) is 15.3. The van der Waals surface area contributed by atoms with Gasteiger partial charge in [0.25, 0.3) is 0 Å². The van der Waals surface area contributed by atoms with Crippen LogP contribution in [-0.2, 0) is 0 Å². The molecule has 0 bridgehead atoms. The van der Waals surface area contributed by atoms with Crippen LogP contribution in [-0.4, -0.2) is 44.2 Å². The van der Waals surface area contributed by atoms with E-state index in [2.05, 4.69) is 14.9 Å². The Hall–Kier alpha value is -2.86. The van der Waals surface area contributed by atoms with Crippen molar-refractivity contribution in [3.63, 3.8) is 0 Å². The maximum absolute atomic E-state index is 9.76. The van der Waals surface area contributed by atoms with Crippen molar-refractivity contribution in [1.82, 2.24) is 19.9 Å². The van der Waals surface area contributed by atoms with Crippen LogP contribution < -0.4 is 4.90 Å². The molecule has 0 saturated carbocycles. The number of piperidine rings is 1. The van der Waals surface area contributed by atoms with Gasteiger partial charge in [0.2, 0.25) is 0 Å². The summed E-state index contributed by atoms with van der Waals surface area (Å²) < 4.78 is 0. The van der Waals surface area contributed by atoms with Crippen LogP contribution in [0.15, 0.2) is 55.0 Å². The molecule has 6 nitrogen and oxygen atoms in total. The van der Waals surface area contributed by atoms with Crippen LogP contribution in [0.3, 0.4) is 0 Å². The molecule has 1 N–H and O–H groups in total. The fourth-order valence-electron chi connectivity index (χ4n) is 2.96. The number of rotatable bonds is 3. The summed E-state index contributed by atoms with van der Waals surface area (Å²) >= 11 is 0. The summed E-state index contributed by atoms with van der Waals surface area (Å²) in [6, 6.07) is 11.6. The molecule has 3 aromatic rings. The molecule has 0 aromatic carbocycles. The lowest BCUT2D eigenvalue weighted by Gasteiger charge is -2.30. The van der Waals surface area contributed by atoms with Crippen molar-refractivity contribution < 1.29 is 5.11 Å². The van der Waals surface area contributed by atoms with E-state index in [1.807, 2.05) is 36.4 Å². The van der Waals surface area contributed by atoms with Crippen molar-refractivity contribution >= 4 is 5.82 Å². The van der Waals surface area contributed by atoms with Crippen LogP contribution in [0.25, 0.3) is 22.8 Å². The number of aliphatic hydroxyl groups excluding tert-OH is 1. The Kier molecular flexibility index (Phi) is 4.35. The number of anilines is 1. The summed E-state index contributed by atoms with van der Waals surface area (Å²) in [5.74, 6) is 1.50. The third kappa shape index (κ3) is 3.49. The van der Waals surface area contributed by atoms with Gasteiger partial charge in [0, 0.05) is 43.3 Å². The number of hydrogen-bond acceptors (Lipinski definition) is 6. The number of nitrogens with zero attached hydrogens (tertiary/aromatic N) is 5. The third-order valence-electron chi connectivity index (χ3n) is 4.35. The van der Waals surface area contributed by atoms with E-state index < -0.39 is 0 Å². The van der Waals surface area contributed by atoms with Crippen molar-refractivity contribution in [2.24, 2.45) is 0 Å². The first-order valence-electron chi connectivity index (χ1n) is 8.43. The zero-order chi connectivity index (χ0) is 17.1. The minimum Gasteiger partial charge on any atom is -0.393 e. The zero-order valence-corrected chi connectivity index (χ0v) is 13.8. The molecule has 1 saturated heterocycles. The van der Waals surface area contributed by atoms with E-state index in [0.717, 1.165) is 48.7 Å². The lowest BCUT2D eigenvalue weighted by molar-refractivity contribution is 0.145. The smallest absolute Gasteiger partial charge is 0.163 e. The average molecular weight is 333 g/mol. The summed E-state index contributed by atoms with van der Waals surface area (Å²) in [5, 5.41) is 9.76. The molecule has 4 heterocycles. The Morgan fingerprint density at radius 2 is 1.84 bits per heavy atom. The molecule has 3 aromatic heterocycles. The van der Waals surface area contributed by atoms with E-state index in [4.69, 9.17) is 9.97 Å². The minimum absolute atomic E-state index is 0.217. The molecule has 1 fully saturated rings. The number of hydrogen-bond donors (Lipinski definition) is 1. The van der Waals surface area contributed by atoms with Crippen LogP contribution in [0.2, 0.25) is 0 Å². The van der Waals surface area contributed by atoms with Gasteiger partial charge in [-0.15, -0.1) is 0 Å². The minimum atomic E-state index is -0.217. The average Bonchev–Trinajstić information content (AvgIpc) is 2.69. The second kappa shape index (κ2) is 6.94. The summed E-state index contributed by atoms with van der Waals surface area (Å²) in [6.45, 7) is 1.57. The van der Waals surface area contributed by atoms with Gasteiger partial charge in [-0.05, 0) is 37.1 Å². The molecule has 126 valence electrons.